The fourth-order valence-electron chi connectivity index (χ4n) is 3.91. The highest BCUT2D eigenvalue weighted by molar-refractivity contribution is 5.70. The van der Waals surface area contributed by atoms with Gasteiger partial charge in [-0.05, 0) is 32.1 Å². The van der Waals surface area contributed by atoms with Gasteiger partial charge in [-0.3, -0.25) is 9.69 Å². The Balaban J connectivity index is 1.53. The molecule has 4 heteroatoms. The zero-order valence-electron chi connectivity index (χ0n) is 10.9. The van der Waals surface area contributed by atoms with Crippen molar-refractivity contribution in [3.8, 4) is 0 Å². The molecule has 1 N–H and O–H groups in total. The maximum Gasteiger partial charge on any atom is 0.306 e. The van der Waals surface area contributed by atoms with E-state index in [-0.39, 0.29) is 5.92 Å². The van der Waals surface area contributed by atoms with Gasteiger partial charge in [0, 0.05) is 37.8 Å². The van der Waals surface area contributed by atoms with Crippen LogP contribution in [0.4, 0.5) is 0 Å². The Morgan fingerprint density at radius 3 is 2.61 bits per heavy atom. The minimum absolute atomic E-state index is 0.102. The summed E-state index contributed by atoms with van der Waals surface area (Å²) in [6.45, 7) is 4.17. The molecule has 1 aliphatic carbocycles. The summed E-state index contributed by atoms with van der Waals surface area (Å²) in [6.07, 6.45) is 6.39. The molecule has 0 bridgehead atoms. The van der Waals surface area contributed by atoms with Crippen LogP contribution in [0.1, 0.15) is 38.5 Å². The lowest BCUT2D eigenvalue weighted by Crippen LogP contribution is -2.62. The van der Waals surface area contributed by atoms with E-state index in [1.54, 1.807) is 0 Å². The third-order valence-corrected chi connectivity index (χ3v) is 5.14. The molecule has 2 unspecified atom stereocenters. The lowest BCUT2D eigenvalue weighted by molar-refractivity contribution is -0.145. The van der Waals surface area contributed by atoms with E-state index >= 15 is 0 Å². The first kappa shape index (κ1) is 12.4. The largest absolute Gasteiger partial charge is 0.481 e. The monoisotopic (exact) mass is 253 g/mol. The zero-order valence-corrected chi connectivity index (χ0v) is 10.9. The lowest BCUT2D eigenvalue weighted by atomic mass is 9.71. The van der Waals surface area contributed by atoms with Gasteiger partial charge in [0.1, 0.15) is 0 Å². The van der Waals surface area contributed by atoms with Crippen molar-refractivity contribution < 1.29 is 14.6 Å². The molecule has 0 aromatic carbocycles. The number of carboxylic acid groups (broad SMARTS) is 1. The number of aliphatic carboxylic acids is 1. The molecule has 2 saturated heterocycles. The molecule has 1 saturated carbocycles. The Kier molecular flexibility index (Phi) is 3.32. The smallest absolute Gasteiger partial charge is 0.306 e. The van der Waals surface area contributed by atoms with Gasteiger partial charge in [-0.2, -0.15) is 0 Å². The maximum atomic E-state index is 11.1. The van der Waals surface area contributed by atoms with E-state index in [1.165, 1.54) is 32.4 Å². The second kappa shape index (κ2) is 4.82. The van der Waals surface area contributed by atoms with Crippen LogP contribution in [-0.2, 0) is 9.53 Å². The highest BCUT2D eigenvalue weighted by Gasteiger charge is 2.47. The molecule has 18 heavy (non-hydrogen) atoms. The molecule has 2 heterocycles. The van der Waals surface area contributed by atoms with Crippen LogP contribution in [0.3, 0.4) is 0 Å². The number of ether oxygens (including phenoxy) is 1. The first-order chi connectivity index (χ1) is 8.69. The summed E-state index contributed by atoms with van der Waals surface area (Å²) in [5, 5.41) is 9.14. The Bertz CT molecular complexity index is 317. The molecule has 4 nitrogen and oxygen atoms in total. The van der Waals surface area contributed by atoms with Crippen molar-refractivity contribution in [3.63, 3.8) is 0 Å². The summed E-state index contributed by atoms with van der Waals surface area (Å²) < 4.78 is 5.43. The van der Waals surface area contributed by atoms with E-state index in [0.717, 1.165) is 32.5 Å². The summed E-state index contributed by atoms with van der Waals surface area (Å²) in [7, 11) is 0. The van der Waals surface area contributed by atoms with Gasteiger partial charge in [-0.15, -0.1) is 0 Å². The predicted octanol–water partition coefficient (Wildman–Crippen LogP) is 1.74. The second-order valence-corrected chi connectivity index (χ2v) is 6.37. The van der Waals surface area contributed by atoms with Gasteiger partial charge in [0.05, 0.1) is 5.92 Å². The van der Waals surface area contributed by atoms with Crippen molar-refractivity contribution in [3.05, 3.63) is 0 Å². The number of nitrogens with zero attached hydrogens (tertiary/aromatic N) is 1. The van der Waals surface area contributed by atoms with E-state index in [4.69, 9.17) is 9.84 Å². The highest BCUT2D eigenvalue weighted by atomic mass is 16.5. The first-order valence-electron chi connectivity index (χ1n) is 7.23. The van der Waals surface area contributed by atoms with Crippen LogP contribution in [-0.4, -0.2) is 48.3 Å². The number of carboxylic acids is 1. The van der Waals surface area contributed by atoms with E-state index < -0.39 is 5.97 Å². The van der Waals surface area contributed by atoms with Gasteiger partial charge >= 0.3 is 5.97 Å². The molecule has 0 amide bonds. The van der Waals surface area contributed by atoms with Crippen LogP contribution in [0.2, 0.25) is 0 Å². The normalized spacial score (nSPS) is 36.2. The average Bonchev–Trinajstić information content (AvgIpc) is 2.37. The van der Waals surface area contributed by atoms with E-state index in [9.17, 15) is 4.79 Å². The van der Waals surface area contributed by atoms with Gasteiger partial charge in [0.2, 0.25) is 0 Å². The molecule has 0 aromatic rings. The van der Waals surface area contributed by atoms with Gasteiger partial charge < -0.3 is 9.84 Å². The van der Waals surface area contributed by atoms with Crippen LogP contribution in [0.15, 0.2) is 0 Å². The third kappa shape index (κ3) is 2.28. The Morgan fingerprint density at radius 2 is 1.94 bits per heavy atom. The van der Waals surface area contributed by atoms with Crippen molar-refractivity contribution >= 4 is 5.97 Å². The fraction of sp³-hybridized carbons (Fsp3) is 0.929. The molecule has 3 rings (SSSR count). The maximum absolute atomic E-state index is 11.1. The van der Waals surface area contributed by atoms with Crippen molar-refractivity contribution in [1.82, 2.24) is 4.90 Å². The minimum atomic E-state index is -0.596. The summed E-state index contributed by atoms with van der Waals surface area (Å²) >= 11 is 0. The van der Waals surface area contributed by atoms with Crippen LogP contribution in [0.5, 0.6) is 0 Å². The van der Waals surface area contributed by atoms with Crippen LogP contribution in [0, 0.1) is 11.3 Å². The van der Waals surface area contributed by atoms with Gasteiger partial charge in [0.25, 0.3) is 0 Å². The topological polar surface area (TPSA) is 49.8 Å². The summed E-state index contributed by atoms with van der Waals surface area (Å²) in [5.74, 6) is -0.698. The SMILES string of the molecule is O=C(O)C1CCCC(N2CC3(CCOCC3)C2)C1. The van der Waals surface area contributed by atoms with Crippen molar-refractivity contribution in [2.75, 3.05) is 26.3 Å². The second-order valence-electron chi connectivity index (χ2n) is 6.37. The highest BCUT2D eigenvalue weighted by Crippen LogP contribution is 2.43. The van der Waals surface area contributed by atoms with Gasteiger partial charge in [0.15, 0.2) is 0 Å². The van der Waals surface area contributed by atoms with Crippen molar-refractivity contribution in [1.29, 1.82) is 0 Å². The van der Waals surface area contributed by atoms with Gasteiger partial charge in [-0.1, -0.05) is 6.42 Å². The quantitative estimate of drug-likeness (QED) is 0.814. The summed E-state index contributed by atoms with van der Waals surface area (Å²) in [4.78, 5) is 13.6. The number of likely N-dealkylation sites (tertiary alicyclic amines) is 1. The number of carbonyl (C=O) groups is 1. The third-order valence-electron chi connectivity index (χ3n) is 5.14. The average molecular weight is 253 g/mol. The molecular formula is C14H23NO3. The Morgan fingerprint density at radius 1 is 1.22 bits per heavy atom. The van der Waals surface area contributed by atoms with Crippen molar-refractivity contribution in [2.24, 2.45) is 11.3 Å². The molecule has 2 aliphatic heterocycles. The molecular weight excluding hydrogens is 230 g/mol. The number of rotatable bonds is 2. The molecule has 2 atom stereocenters. The van der Waals surface area contributed by atoms with E-state index in [2.05, 4.69) is 4.90 Å². The fourth-order valence-corrected chi connectivity index (χ4v) is 3.91. The molecule has 0 aromatic heterocycles. The van der Waals surface area contributed by atoms with Crippen LogP contribution < -0.4 is 0 Å². The predicted molar refractivity (Wildman–Crippen MR) is 67.4 cm³/mol. The molecule has 1 spiro atoms. The number of hydrogen-bond acceptors (Lipinski definition) is 3. The molecule has 3 fully saturated rings. The Hall–Kier alpha value is -0.610. The van der Waals surface area contributed by atoms with Gasteiger partial charge in [-0.25, -0.2) is 0 Å². The minimum Gasteiger partial charge on any atom is -0.481 e. The van der Waals surface area contributed by atoms with Crippen LogP contribution in [0.25, 0.3) is 0 Å². The zero-order chi connectivity index (χ0) is 12.6. The van der Waals surface area contributed by atoms with Crippen molar-refractivity contribution in [2.45, 2.75) is 44.6 Å². The van der Waals surface area contributed by atoms with E-state index in [0.29, 0.717) is 11.5 Å². The summed E-state index contributed by atoms with van der Waals surface area (Å²) in [6, 6.07) is 0.522. The van der Waals surface area contributed by atoms with Crippen LogP contribution >= 0.6 is 0 Å². The first-order valence-corrected chi connectivity index (χ1v) is 7.23. The van der Waals surface area contributed by atoms with E-state index in [1.807, 2.05) is 0 Å². The Labute approximate surface area is 108 Å². The standard InChI is InChI=1S/C14H23NO3/c16-13(17)11-2-1-3-12(8-11)15-9-14(10-15)4-6-18-7-5-14/h11-12H,1-10H2,(H,16,17). The molecule has 3 aliphatic rings. The molecule has 102 valence electrons. The lowest BCUT2D eigenvalue weighted by Gasteiger charge is -2.56. The molecule has 0 radical (unpaired) electrons. The summed E-state index contributed by atoms with van der Waals surface area (Å²) in [5.41, 5.74) is 0.508. The number of hydrogen-bond donors (Lipinski definition) is 1.